The van der Waals surface area contributed by atoms with Crippen molar-refractivity contribution in [3.8, 4) is 28.4 Å². The first-order valence-electron chi connectivity index (χ1n) is 7.95. The van der Waals surface area contributed by atoms with Gasteiger partial charge in [0.15, 0.2) is 18.1 Å². The number of methoxy groups -OCH3 is 3. The van der Waals surface area contributed by atoms with Gasteiger partial charge in [0.05, 0.1) is 21.3 Å². The first-order chi connectivity index (χ1) is 12.6. The summed E-state index contributed by atoms with van der Waals surface area (Å²) in [4.78, 5) is 23.5. The maximum Gasteiger partial charge on any atom is 0.343 e. The lowest BCUT2D eigenvalue weighted by molar-refractivity contribution is -0.142. The normalized spacial score (nSPS) is 12.2. The van der Waals surface area contributed by atoms with Crippen LogP contribution in [0.5, 0.6) is 17.2 Å². The average molecular weight is 357 g/mol. The summed E-state index contributed by atoms with van der Waals surface area (Å²) in [7, 11) is 4.30. The molecule has 0 spiro atoms. The molecular formula is C19H19NO6. The monoisotopic (exact) mass is 357 g/mol. The molecule has 0 aliphatic carbocycles. The fourth-order valence-electron chi connectivity index (χ4n) is 2.95. The van der Waals surface area contributed by atoms with Crippen LogP contribution in [0.1, 0.15) is 15.9 Å². The van der Waals surface area contributed by atoms with E-state index in [9.17, 15) is 9.59 Å². The predicted molar refractivity (Wildman–Crippen MR) is 93.7 cm³/mol. The zero-order valence-corrected chi connectivity index (χ0v) is 14.8. The molecule has 1 aliphatic heterocycles. The molecule has 0 aromatic heterocycles. The van der Waals surface area contributed by atoms with Crippen LogP contribution in [0.4, 0.5) is 0 Å². The van der Waals surface area contributed by atoms with Crippen molar-refractivity contribution in [2.24, 2.45) is 0 Å². The Bertz CT molecular complexity index is 861. The molecule has 2 aromatic carbocycles. The predicted octanol–water partition coefficient (Wildman–Crippen LogP) is 2.17. The van der Waals surface area contributed by atoms with Crippen molar-refractivity contribution in [2.75, 3.05) is 27.9 Å². The van der Waals surface area contributed by atoms with Gasteiger partial charge in [-0.15, -0.1) is 0 Å². The Morgan fingerprint density at radius 2 is 1.77 bits per heavy atom. The maximum absolute atomic E-state index is 12.0. The lowest BCUT2D eigenvalue weighted by Crippen LogP contribution is -2.14. The Labute approximate surface area is 150 Å². The van der Waals surface area contributed by atoms with E-state index in [-0.39, 0.29) is 12.5 Å². The summed E-state index contributed by atoms with van der Waals surface area (Å²) >= 11 is 0. The summed E-state index contributed by atoms with van der Waals surface area (Å²) in [6.07, 6.45) is 0. The zero-order chi connectivity index (χ0) is 18.7. The minimum atomic E-state index is -0.518. The van der Waals surface area contributed by atoms with Crippen LogP contribution in [0.3, 0.4) is 0 Å². The van der Waals surface area contributed by atoms with Crippen LogP contribution in [-0.2, 0) is 16.1 Å². The second-order valence-corrected chi connectivity index (χ2v) is 5.56. The quantitative estimate of drug-likeness (QED) is 0.798. The van der Waals surface area contributed by atoms with Crippen LogP contribution in [0.15, 0.2) is 30.3 Å². The Hall–Kier alpha value is -3.22. The zero-order valence-electron chi connectivity index (χ0n) is 14.8. The molecule has 0 saturated carbocycles. The van der Waals surface area contributed by atoms with Crippen molar-refractivity contribution in [3.05, 3.63) is 41.5 Å². The van der Waals surface area contributed by atoms with Gasteiger partial charge in [-0.3, -0.25) is 4.79 Å². The van der Waals surface area contributed by atoms with Crippen molar-refractivity contribution in [3.63, 3.8) is 0 Å². The number of hydrogen-bond acceptors (Lipinski definition) is 6. The minimum absolute atomic E-state index is 0.112. The number of carbonyl (C=O) groups is 2. The van der Waals surface area contributed by atoms with E-state index < -0.39 is 5.97 Å². The number of rotatable bonds is 6. The first kappa shape index (κ1) is 17.6. The molecule has 1 heterocycles. The minimum Gasteiger partial charge on any atom is -0.493 e. The standard InChI is InChI=1S/C19H19NO6/c1-23-15-8-7-12(17(18(15)25-3)26-10-16(21)24-2)11-5-4-6-13-14(11)9-20-19(13)22/h4-8H,9-10H2,1-3H3,(H,20,22). The molecule has 1 N–H and O–H groups in total. The van der Waals surface area contributed by atoms with Crippen LogP contribution in [0.25, 0.3) is 11.1 Å². The molecule has 0 unspecified atom stereocenters. The van der Waals surface area contributed by atoms with E-state index in [0.29, 0.717) is 34.9 Å². The van der Waals surface area contributed by atoms with Crippen LogP contribution >= 0.6 is 0 Å². The Kier molecular flexibility index (Phi) is 4.97. The third-order valence-corrected chi connectivity index (χ3v) is 4.20. The molecule has 7 heteroatoms. The van der Waals surface area contributed by atoms with Crippen LogP contribution in [0.2, 0.25) is 0 Å². The molecule has 2 aromatic rings. The van der Waals surface area contributed by atoms with Gasteiger partial charge in [-0.2, -0.15) is 0 Å². The highest BCUT2D eigenvalue weighted by Gasteiger charge is 2.26. The van der Waals surface area contributed by atoms with Gasteiger partial charge in [-0.05, 0) is 29.3 Å². The van der Waals surface area contributed by atoms with E-state index in [4.69, 9.17) is 14.2 Å². The van der Waals surface area contributed by atoms with Gasteiger partial charge in [0.25, 0.3) is 5.91 Å². The van der Waals surface area contributed by atoms with E-state index in [2.05, 4.69) is 10.1 Å². The molecule has 0 bridgehead atoms. The van der Waals surface area contributed by atoms with Gasteiger partial charge < -0.3 is 24.3 Å². The fraction of sp³-hybridized carbons (Fsp3) is 0.263. The fourth-order valence-corrected chi connectivity index (χ4v) is 2.95. The Balaban J connectivity index is 2.15. The van der Waals surface area contributed by atoms with Crippen molar-refractivity contribution in [2.45, 2.75) is 6.54 Å². The van der Waals surface area contributed by atoms with Crippen molar-refractivity contribution < 1.29 is 28.5 Å². The number of hydrogen-bond donors (Lipinski definition) is 1. The number of fused-ring (bicyclic) bond motifs is 1. The summed E-state index contributed by atoms with van der Waals surface area (Å²) in [6, 6.07) is 9.04. The van der Waals surface area contributed by atoms with Gasteiger partial charge in [0.2, 0.25) is 5.75 Å². The highest BCUT2D eigenvalue weighted by Crippen LogP contribution is 2.46. The third kappa shape index (κ3) is 3.03. The number of amides is 1. The molecular weight excluding hydrogens is 338 g/mol. The Morgan fingerprint density at radius 1 is 1.00 bits per heavy atom. The average Bonchev–Trinajstić information content (AvgIpc) is 3.06. The van der Waals surface area contributed by atoms with E-state index in [1.54, 1.807) is 18.2 Å². The van der Waals surface area contributed by atoms with Gasteiger partial charge in [0, 0.05) is 17.7 Å². The molecule has 0 saturated heterocycles. The maximum atomic E-state index is 12.0. The third-order valence-electron chi connectivity index (χ3n) is 4.20. The number of ether oxygens (including phenoxy) is 4. The van der Waals surface area contributed by atoms with Crippen molar-refractivity contribution in [1.82, 2.24) is 5.32 Å². The number of benzene rings is 2. The van der Waals surface area contributed by atoms with E-state index in [1.165, 1.54) is 21.3 Å². The van der Waals surface area contributed by atoms with Gasteiger partial charge >= 0.3 is 5.97 Å². The summed E-state index contributed by atoms with van der Waals surface area (Å²) in [5, 5.41) is 2.82. The number of carbonyl (C=O) groups excluding carboxylic acids is 2. The summed E-state index contributed by atoms with van der Waals surface area (Å²) in [5.41, 5.74) is 3.01. The molecule has 1 amide bonds. The smallest absolute Gasteiger partial charge is 0.343 e. The van der Waals surface area contributed by atoms with E-state index in [1.807, 2.05) is 12.1 Å². The van der Waals surface area contributed by atoms with Crippen molar-refractivity contribution in [1.29, 1.82) is 0 Å². The second kappa shape index (κ2) is 7.35. The lowest BCUT2D eigenvalue weighted by Gasteiger charge is -2.18. The lowest BCUT2D eigenvalue weighted by atomic mass is 9.95. The number of nitrogens with one attached hydrogen (secondary N) is 1. The van der Waals surface area contributed by atoms with Crippen molar-refractivity contribution >= 4 is 11.9 Å². The SMILES string of the molecule is COC(=O)COc1c(-c2cccc3c2CNC3=O)ccc(OC)c1OC. The van der Waals surface area contributed by atoms with Crippen LogP contribution < -0.4 is 19.5 Å². The molecule has 7 nitrogen and oxygen atoms in total. The van der Waals surface area contributed by atoms with Gasteiger partial charge in [-0.25, -0.2) is 4.79 Å². The van der Waals surface area contributed by atoms with Crippen LogP contribution in [0, 0.1) is 0 Å². The topological polar surface area (TPSA) is 83.1 Å². The summed E-state index contributed by atoms with van der Waals surface area (Å²) < 4.78 is 21.1. The second-order valence-electron chi connectivity index (χ2n) is 5.56. The van der Waals surface area contributed by atoms with Gasteiger partial charge in [-0.1, -0.05) is 12.1 Å². The molecule has 26 heavy (non-hydrogen) atoms. The Morgan fingerprint density at radius 3 is 2.46 bits per heavy atom. The molecule has 3 rings (SSSR count). The molecule has 0 fully saturated rings. The molecule has 136 valence electrons. The van der Waals surface area contributed by atoms with E-state index >= 15 is 0 Å². The molecule has 0 atom stereocenters. The summed E-state index contributed by atoms with van der Waals surface area (Å²) in [5.74, 6) is 0.557. The highest BCUT2D eigenvalue weighted by atomic mass is 16.6. The molecule has 0 radical (unpaired) electrons. The first-order valence-corrected chi connectivity index (χ1v) is 7.95. The highest BCUT2D eigenvalue weighted by molar-refractivity contribution is 6.01. The summed E-state index contributed by atoms with van der Waals surface area (Å²) in [6.45, 7) is 0.147. The largest absolute Gasteiger partial charge is 0.493 e. The van der Waals surface area contributed by atoms with Crippen LogP contribution in [-0.4, -0.2) is 39.8 Å². The molecule has 1 aliphatic rings. The van der Waals surface area contributed by atoms with Gasteiger partial charge in [0.1, 0.15) is 0 Å². The van der Waals surface area contributed by atoms with E-state index in [0.717, 1.165) is 11.1 Å². The number of esters is 1.